The van der Waals surface area contributed by atoms with Crippen LogP contribution in [0.5, 0.6) is 5.75 Å². The normalized spacial score (nSPS) is 11.1. The van der Waals surface area contributed by atoms with Crippen LogP contribution in [0.4, 0.5) is 5.95 Å². The Bertz CT molecular complexity index is 898. The molecule has 6 nitrogen and oxygen atoms in total. The van der Waals surface area contributed by atoms with Crippen LogP contribution in [-0.4, -0.2) is 47.1 Å². The van der Waals surface area contributed by atoms with Crippen LogP contribution in [0.15, 0.2) is 48.5 Å². The molecule has 0 atom stereocenters. The highest BCUT2D eigenvalue weighted by molar-refractivity contribution is 6.04. The maximum Gasteiger partial charge on any atom is 0.257 e. The predicted molar refractivity (Wildman–Crippen MR) is 108 cm³/mol. The molecule has 1 heterocycles. The van der Waals surface area contributed by atoms with E-state index in [0.29, 0.717) is 11.5 Å². The van der Waals surface area contributed by atoms with Crippen LogP contribution < -0.4 is 10.1 Å². The molecule has 6 heteroatoms. The molecule has 0 fully saturated rings. The molecule has 1 aromatic heterocycles. The van der Waals surface area contributed by atoms with E-state index in [1.54, 1.807) is 31.4 Å². The first-order chi connectivity index (χ1) is 13.2. The third kappa shape index (κ3) is 4.28. The molecule has 1 N–H and O–H groups in total. The molecule has 2 aromatic carbocycles. The van der Waals surface area contributed by atoms with Gasteiger partial charge in [-0.2, -0.15) is 0 Å². The number of hydrogen-bond donors (Lipinski definition) is 1. The van der Waals surface area contributed by atoms with E-state index in [1.165, 1.54) is 0 Å². The molecule has 0 spiro atoms. The number of anilines is 1. The summed E-state index contributed by atoms with van der Waals surface area (Å²) in [6.45, 7) is 7.97. The molecule has 27 heavy (non-hydrogen) atoms. The van der Waals surface area contributed by atoms with Crippen LogP contribution in [-0.2, 0) is 6.54 Å². The van der Waals surface area contributed by atoms with Crippen molar-refractivity contribution in [2.75, 3.05) is 32.1 Å². The summed E-state index contributed by atoms with van der Waals surface area (Å²) < 4.78 is 7.23. The molecule has 3 rings (SSSR count). The van der Waals surface area contributed by atoms with Gasteiger partial charge in [0.25, 0.3) is 5.91 Å². The maximum atomic E-state index is 12.7. The van der Waals surface area contributed by atoms with Crippen LogP contribution in [0.2, 0.25) is 0 Å². The number of carbonyl (C=O) groups is 1. The predicted octanol–water partition coefficient (Wildman–Crippen LogP) is 3.64. The first kappa shape index (κ1) is 18.9. The molecule has 3 aromatic rings. The fourth-order valence-corrected chi connectivity index (χ4v) is 3.09. The minimum absolute atomic E-state index is 0.183. The van der Waals surface area contributed by atoms with Crippen molar-refractivity contribution >= 4 is 22.9 Å². The standard InChI is InChI=1S/C21H26N4O2/c1-4-24(5-2)14-15-25-19-9-7-6-8-18(19)22-21(25)23-20(26)16-10-12-17(27-3)13-11-16/h6-13H,4-5,14-15H2,1-3H3,(H,22,23,26). The van der Waals surface area contributed by atoms with E-state index in [1.807, 2.05) is 24.3 Å². The van der Waals surface area contributed by atoms with Gasteiger partial charge in [-0.3, -0.25) is 10.1 Å². The lowest BCUT2D eigenvalue weighted by Gasteiger charge is -2.19. The second kappa shape index (κ2) is 8.68. The second-order valence-electron chi connectivity index (χ2n) is 6.29. The van der Waals surface area contributed by atoms with Crippen molar-refractivity contribution in [3.63, 3.8) is 0 Å². The van der Waals surface area contributed by atoms with Crippen molar-refractivity contribution in [3.8, 4) is 5.75 Å². The number of carbonyl (C=O) groups excluding carboxylic acids is 1. The monoisotopic (exact) mass is 366 g/mol. The van der Waals surface area contributed by atoms with Crippen LogP contribution in [0, 0.1) is 0 Å². The quantitative estimate of drug-likeness (QED) is 0.661. The zero-order chi connectivity index (χ0) is 19.2. The zero-order valence-electron chi connectivity index (χ0n) is 16.1. The smallest absolute Gasteiger partial charge is 0.257 e. The SMILES string of the molecule is CCN(CC)CCn1c(NC(=O)c2ccc(OC)cc2)nc2ccccc21. The summed E-state index contributed by atoms with van der Waals surface area (Å²) in [5.41, 5.74) is 2.47. The Hall–Kier alpha value is -2.86. The van der Waals surface area contributed by atoms with Gasteiger partial charge in [-0.1, -0.05) is 26.0 Å². The number of nitrogens with zero attached hydrogens (tertiary/aromatic N) is 3. The van der Waals surface area contributed by atoms with Crippen molar-refractivity contribution in [2.45, 2.75) is 20.4 Å². The van der Waals surface area contributed by atoms with Gasteiger partial charge in [-0.15, -0.1) is 0 Å². The first-order valence-corrected chi connectivity index (χ1v) is 9.29. The van der Waals surface area contributed by atoms with Crippen molar-refractivity contribution in [1.29, 1.82) is 0 Å². The van der Waals surface area contributed by atoms with Gasteiger partial charge in [0.05, 0.1) is 18.1 Å². The number of hydrogen-bond acceptors (Lipinski definition) is 4. The Morgan fingerprint density at radius 3 is 2.48 bits per heavy atom. The second-order valence-corrected chi connectivity index (χ2v) is 6.29. The van der Waals surface area contributed by atoms with Crippen molar-refractivity contribution in [3.05, 3.63) is 54.1 Å². The molecule has 0 saturated carbocycles. The van der Waals surface area contributed by atoms with Crippen LogP contribution in [0.1, 0.15) is 24.2 Å². The maximum absolute atomic E-state index is 12.7. The molecular weight excluding hydrogens is 340 g/mol. The largest absolute Gasteiger partial charge is 0.497 e. The summed E-state index contributed by atoms with van der Waals surface area (Å²) in [5.74, 6) is 1.11. The Balaban J connectivity index is 1.85. The minimum Gasteiger partial charge on any atom is -0.497 e. The van der Waals surface area contributed by atoms with E-state index in [2.05, 4.69) is 33.6 Å². The Labute approximate surface area is 159 Å². The molecular formula is C21H26N4O2. The topological polar surface area (TPSA) is 59.4 Å². The number of rotatable bonds is 8. The zero-order valence-corrected chi connectivity index (χ0v) is 16.1. The Morgan fingerprint density at radius 1 is 1.11 bits per heavy atom. The summed E-state index contributed by atoms with van der Waals surface area (Å²) in [7, 11) is 1.60. The summed E-state index contributed by atoms with van der Waals surface area (Å²) in [6.07, 6.45) is 0. The highest BCUT2D eigenvalue weighted by Gasteiger charge is 2.15. The fraction of sp³-hybridized carbons (Fsp3) is 0.333. The van der Waals surface area contributed by atoms with Crippen molar-refractivity contribution in [1.82, 2.24) is 14.5 Å². The third-order valence-electron chi connectivity index (χ3n) is 4.77. The van der Waals surface area contributed by atoms with Gasteiger partial charge in [-0.25, -0.2) is 4.98 Å². The van der Waals surface area contributed by atoms with Crippen LogP contribution in [0.25, 0.3) is 11.0 Å². The fourth-order valence-electron chi connectivity index (χ4n) is 3.09. The van der Waals surface area contributed by atoms with E-state index in [9.17, 15) is 4.79 Å². The number of ether oxygens (including phenoxy) is 1. The third-order valence-corrected chi connectivity index (χ3v) is 4.77. The van der Waals surface area contributed by atoms with E-state index in [0.717, 1.165) is 43.0 Å². The van der Waals surface area contributed by atoms with Gasteiger partial charge in [0, 0.05) is 18.7 Å². The number of methoxy groups -OCH3 is 1. The van der Waals surface area contributed by atoms with Gasteiger partial charge >= 0.3 is 0 Å². The van der Waals surface area contributed by atoms with E-state index < -0.39 is 0 Å². The van der Waals surface area contributed by atoms with Gasteiger partial charge in [0.15, 0.2) is 0 Å². The lowest BCUT2D eigenvalue weighted by molar-refractivity contribution is 0.102. The first-order valence-electron chi connectivity index (χ1n) is 9.29. The molecule has 0 aliphatic carbocycles. The Morgan fingerprint density at radius 2 is 1.81 bits per heavy atom. The van der Waals surface area contributed by atoms with E-state index in [-0.39, 0.29) is 5.91 Å². The van der Waals surface area contributed by atoms with Gasteiger partial charge in [-0.05, 0) is 49.5 Å². The average molecular weight is 366 g/mol. The minimum atomic E-state index is -0.183. The number of fused-ring (bicyclic) bond motifs is 1. The van der Waals surface area contributed by atoms with Crippen molar-refractivity contribution < 1.29 is 9.53 Å². The van der Waals surface area contributed by atoms with Gasteiger partial charge < -0.3 is 14.2 Å². The molecule has 142 valence electrons. The number of aromatic nitrogens is 2. The lowest BCUT2D eigenvalue weighted by atomic mass is 10.2. The number of nitrogens with one attached hydrogen (secondary N) is 1. The number of likely N-dealkylation sites (N-methyl/N-ethyl adjacent to an activating group) is 1. The summed E-state index contributed by atoms with van der Waals surface area (Å²) in [5, 5.41) is 2.97. The van der Waals surface area contributed by atoms with Gasteiger partial charge in [0.2, 0.25) is 5.95 Å². The molecule has 0 unspecified atom stereocenters. The summed E-state index contributed by atoms with van der Waals surface area (Å²) >= 11 is 0. The van der Waals surface area contributed by atoms with Crippen molar-refractivity contribution in [2.24, 2.45) is 0 Å². The average Bonchev–Trinajstić information content (AvgIpc) is 3.06. The summed E-state index contributed by atoms with van der Waals surface area (Å²) in [4.78, 5) is 19.7. The number of benzene rings is 2. The molecule has 1 amide bonds. The highest BCUT2D eigenvalue weighted by Crippen LogP contribution is 2.21. The van der Waals surface area contributed by atoms with Gasteiger partial charge in [0.1, 0.15) is 5.75 Å². The molecule has 0 saturated heterocycles. The Kier molecular flexibility index (Phi) is 6.08. The molecule has 0 radical (unpaired) electrons. The molecule has 0 aliphatic heterocycles. The lowest BCUT2D eigenvalue weighted by Crippen LogP contribution is -2.27. The summed E-state index contributed by atoms with van der Waals surface area (Å²) in [6, 6.07) is 15.0. The van der Waals surface area contributed by atoms with E-state index >= 15 is 0 Å². The number of imidazole rings is 1. The number of amides is 1. The van der Waals surface area contributed by atoms with E-state index in [4.69, 9.17) is 4.74 Å². The number of para-hydroxylation sites is 2. The van der Waals surface area contributed by atoms with Crippen LogP contribution in [0.3, 0.4) is 0 Å². The molecule has 0 aliphatic rings. The van der Waals surface area contributed by atoms with Crippen LogP contribution >= 0.6 is 0 Å². The highest BCUT2D eigenvalue weighted by atomic mass is 16.5. The molecule has 0 bridgehead atoms.